The van der Waals surface area contributed by atoms with Crippen LogP contribution in [0.15, 0.2) is 24.3 Å². The zero-order valence-corrected chi connectivity index (χ0v) is 16.0. The summed E-state index contributed by atoms with van der Waals surface area (Å²) in [5, 5.41) is 18.1. The van der Waals surface area contributed by atoms with Crippen LogP contribution in [0.5, 0.6) is 0 Å². The second-order valence-electron chi connectivity index (χ2n) is 7.09. The summed E-state index contributed by atoms with van der Waals surface area (Å²) in [6.45, 7) is 1.87. The third kappa shape index (κ3) is 5.02. The molecule has 0 saturated carbocycles. The lowest BCUT2D eigenvalue weighted by Gasteiger charge is -2.35. The number of hydrogen-bond donors (Lipinski definition) is 1. The Hall–Kier alpha value is -2.04. The van der Waals surface area contributed by atoms with Crippen molar-refractivity contribution in [1.29, 1.82) is 5.26 Å². The van der Waals surface area contributed by atoms with Crippen molar-refractivity contribution in [2.24, 2.45) is 11.8 Å². The van der Waals surface area contributed by atoms with E-state index in [1.807, 2.05) is 17.0 Å². The molecule has 0 aromatic heterocycles. The molecule has 2 heterocycles. The highest BCUT2D eigenvalue weighted by Crippen LogP contribution is 2.33. The molecule has 1 unspecified atom stereocenters. The van der Waals surface area contributed by atoms with Gasteiger partial charge in [0.1, 0.15) is 0 Å². The molecule has 7 heteroatoms. The van der Waals surface area contributed by atoms with Crippen LogP contribution in [-0.4, -0.2) is 53.4 Å². The van der Waals surface area contributed by atoms with Gasteiger partial charge in [-0.15, -0.1) is 11.8 Å². The van der Waals surface area contributed by atoms with E-state index in [4.69, 9.17) is 10.00 Å². The second-order valence-corrected chi connectivity index (χ2v) is 8.07. The fourth-order valence-corrected chi connectivity index (χ4v) is 4.73. The zero-order valence-electron chi connectivity index (χ0n) is 15.2. The molecule has 1 amide bonds. The number of hydrogen-bond acceptors (Lipinski definition) is 5. The van der Waals surface area contributed by atoms with E-state index in [0.29, 0.717) is 37.4 Å². The Kier molecular flexibility index (Phi) is 6.75. The maximum absolute atomic E-state index is 12.4. The van der Waals surface area contributed by atoms with Gasteiger partial charge in [-0.05, 0) is 42.9 Å². The van der Waals surface area contributed by atoms with Gasteiger partial charge < -0.3 is 14.7 Å². The number of carboxylic acids is 1. The first-order valence-corrected chi connectivity index (χ1v) is 10.4. The van der Waals surface area contributed by atoms with Gasteiger partial charge in [-0.25, -0.2) is 0 Å². The highest BCUT2D eigenvalue weighted by atomic mass is 32.2. The van der Waals surface area contributed by atoms with Crippen molar-refractivity contribution in [3.63, 3.8) is 0 Å². The Morgan fingerprint density at radius 2 is 1.93 bits per heavy atom. The van der Waals surface area contributed by atoms with E-state index >= 15 is 0 Å². The van der Waals surface area contributed by atoms with Gasteiger partial charge in [0.2, 0.25) is 5.91 Å². The largest absolute Gasteiger partial charge is 0.481 e. The van der Waals surface area contributed by atoms with Gasteiger partial charge >= 0.3 is 5.97 Å². The Labute approximate surface area is 163 Å². The molecule has 3 rings (SSSR count). The molecule has 0 aliphatic carbocycles. The fourth-order valence-electron chi connectivity index (χ4n) is 3.84. The van der Waals surface area contributed by atoms with Crippen LogP contribution in [0, 0.1) is 23.2 Å². The second kappa shape index (κ2) is 9.25. The summed E-state index contributed by atoms with van der Waals surface area (Å²) < 4.78 is 5.68. The van der Waals surface area contributed by atoms with E-state index in [-0.39, 0.29) is 17.9 Å². The molecule has 2 fully saturated rings. The maximum atomic E-state index is 12.4. The average molecular weight is 388 g/mol. The molecule has 144 valence electrons. The molecular weight excluding hydrogens is 364 g/mol. The third-order valence-corrected chi connectivity index (χ3v) is 6.38. The van der Waals surface area contributed by atoms with Crippen molar-refractivity contribution in [2.45, 2.75) is 31.1 Å². The first kappa shape index (κ1) is 19.7. The first-order valence-electron chi connectivity index (χ1n) is 9.27. The van der Waals surface area contributed by atoms with Crippen LogP contribution >= 0.6 is 11.8 Å². The molecule has 2 aliphatic heterocycles. The summed E-state index contributed by atoms with van der Waals surface area (Å²) in [7, 11) is 0. The van der Waals surface area contributed by atoms with Gasteiger partial charge in [0.05, 0.1) is 29.4 Å². The summed E-state index contributed by atoms with van der Waals surface area (Å²) >= 11 is 1.58. The maximum Gasteiger partial charge on any atom is 0.309 e. The molecule has 6 nitrogen and oxygen atoms in total. The number of piperidine rings is 1. The molecule has 0 spiro atoms. The van der Waals surface area contributed by atoms with Gasteiger partial charge in [0, 0.05) is 25.4 Å². The molecule has 1 aromatic rings. The molecule has 2 atom stereocenters. The highest BCUT2D eigenvalue weighted by Gasteiger charge is 2.40. The van der Waals surface area contributed by atoms with Crippen molar-refractivity contribution in [3.05, 3.63) is 35.4 Å². The molecule has 0 radical (unpaired) electrons. The van der Waals surface area contributed by atoms with Crippen LogP contribution in [0.4, 0.5) is 0 Å². The zero-order chi connectivity index (χ0) is 19.2. The smallest absolute Gasteiger partial charge is 0.309 e. The standard InChI is InChI=1S/C20H24N2O4S/c21-11-14-1-3-15(4-2-14)12-27-13-18(23)22-8-5-16(6-9-22)19-17(20(24)25)7-10-26-19/h1-4,16-17,19H,5-10,12-13H2,(H,24,25)/t17?,19-/m0/s1. The van der Waals surface area contributed by atoms with Crippen LogP contribution < -0.4 is 0 Å². The summed E-state index contributed by atoms with van der Waals surface area (Å²) in [5.41, 5.74) is 1.74. The monoisotopic (exact) mass is 388 g/mol. The van der Waals surface area contributed by atoms with Crippen LogP contribution in [0.2, 0.25) is 0 Å². The topological polar surface area (TPSA) is 90.6 Å². The number of aliphatic carboxylic acids is 1. The molecule has 2 saturated heterocycles. The number of carboxylic acid groups (broad SMARTS) is 1. The number of nitriles is 1. The Morgan fingerprint density at radius 1 is 1.22 bits per heavy atom. The van der Waals surface area contributed by atoms with Gasteiger partial charge in [0.25, 0.3) is 0 Å². The van der Waals surface area contributed by atoms with Gasteiger partial charge in [-0.1, -0.05) is 12.1 Å². The Balaban J connectivity index is 1.40. The number of carbonyl (C=O) groups excluding carboxylic acids is 1. The van der Waals surface area contributed by atoms with E-state index in [1.165, 1.54) is 0 Å². The van der Waals surface area contributed by atoms with Crippen LogP contribution in [0.25, 0.3) is 0 Å². The summed E-state index contributed by atoms with van der Waals surface area (Å²) in [6.07, 6.45) is 2.00. The highest BCUT2D eigenvalue weighted by molar-refractivity contribution is 7.99. The number of carbonyl (C=O) groups is 2. The Bertz CT molecular complexity index is 708. The van der Waals surface area contributed by atoms with Crippen molar-refractivity contribution in [3.8, 4) is 6.07 Å². The molecule has 1 N–H and O–H groups in total. The van der Waals surface area contributed by atoms with Crippen LogP contribution in [0.1, 0.15) is 30.4 Å². The van der Waals surface area contributed by atoms with Gasteiger partial charge in [-0.3, -0.25) is 9.59 Å². The minimum absolute atomic E-state index is 0.134. The minimum atomic E-state index is -0.768. The van der Waals surface area contributed by atoms with E-state index < -0.39 is 11.9 Å². The SMILES string of the molecule is N#Cc1ccc(CSCC(=O)N2CCC([C@@H]3OCCC3C(=O)O)CC2)cc1. The van der Waals surface area contributed by atoms with Crippen molar-refractivity contribution < 1.29 is 19.4 Å². The van der Waals surface area contributed by atoms with E-state index in [9.17, 15) is 14.7 Å². The first-order chi connectivity index (χ1) is 13.1. The minimum Gasteiger partial charge on any atom is -0.481 e. The van der Waals surface area contributed by atoms with Crippen molar-refractivity contribution in [2.75, 3.05) is 25.4 Å². The quantitative estimate of drug-likeness (QED) is 0.805. The lowest BCUT2D eigenvalue weighted by molar-refractivity contribution is -0.145. The summed E-state index contributed by atoms with van der Waals surface area (Å²) in [4.78, 5) is 25.6. The van der Waals surface area contributed by atoms with E-state index in [2.05, 4.69) is 6.07 Å². The third-order valence-electron chi connectivity index (χ3n) is 5.39. The Morgan fingerprint density at radius 3 is 2.56 bits per heavy atom. The number of rotatable bonds is 6. The number of amides is 1. The lowest BCUT2D eigenvalue weighted by atomic mass is 9.84. The molecular formula is C20H24N2O4S. The molecule has 2 aliphatic rings. The predicted octanol–water partition coefficient (Wildman–Crippen LogP) is 2.52. The number of likely N-dealkylation sites (tertiary alicyclic amines) is 1. The summed E-state index contributed by atoms with van der Waals surface area (Å²) in [5.74, 6) is 0.362. The number of thioether (sulfide) groups is 1. The van der Waals surface area contributed by atoms with E-state index in [0.717, 1.165) is 24.2 Å². The lowest BCUT2D eigenvalue weighted by Crippen LogP contribution is -2.43. The molecule has 1 aromatic carbocycles. The normalized spacial score (nSPS) is 23.1. The average Bonchev–Trinajstić information content (AvgIpc) is 3.19. The fraction of sp³-hybridized carbons (Fsp3) is 0.550. The molecule has 0 bridgehead atoms. The predicted molar refractivity (Wildman–Crippen MR) is 102 cm³/mol. The van der Waals surface area contributed by atoms with E-state index in [1.54, 1.807) is 23.9 Å². The molecule has 27 heavy (non-hydrogen) atoms. The van der Waals surface area contributed by atoms with Crippen molar-refractivity contribution >= 4 is 23.6 Å². The van der Waals surface area contributed by atoms with Crippen LogP contribution in [-0.2, 0) is 20.1 Å². The number of ether oxygens (including phenoxy) is 1. The number of nitrogens with zero attached hydrogens (tertiary/aromatic N) is 2. The van der Waals surface area contributed by atoms with Gasteiger partial charge in [-0.2, -0.15) is 5.26 Å². The van der Waals surface area contributed by atoms with Crippen molar-refractivity contribution in [1.82, 2.24) is 4.90 Å². The van der Waals surface area contributed by atoms with Gasteiger partial charge in [0.15, 0.2) is 0 Å². The van der Waals surface area contributed by atoms with Crippen LogP contribution in [0.3, 0.4) is 0 Å². The number of benzene rings is 1. The summed E-state index contributed by atoms with van der Waals surface area (Å²) in [6, 6.07) is 9.51.